The maximum atomic E-state index is 12.3. The van der Waals surface area contributed by atoms with Crippen LogP contribution in [-0.4, -0.2) is 31.5 Å². The van der Waals surface area contributed by atoms with Crippen LogP contribution >= 0.6 is 0 Å². The van der Waals surface area contributed by atoms with Crippen LogP contribution in [0.3, 0.4) is 0 Å². The van der Waals surface area contributed by atoms with Crippen molar-refractivity contribution in [3.05, 3.63) is 23.8 Å². The van der Waals surface area contributed by atoms with Crippen LogP contribution in [-0.2, 0) is 6.54 Å². The topological polar surface area (TPSA) is 50.7 Å². The predicted molar refractivity (Wildman–Crippen MR) is 67.6 cm³/mol. The van der Waals surface area contributed by atoms with Gasteiger partial charge in [-0.25, -0.2) is 0 Å². The van der Waals surface area contributed by atoms with E-state index in [0.29, 0.717) is 6.54 Å². The van der Waals surface area contributed by atoms with Crippen molar-refractivity contribution in [1.82, 2.24) is 5.32 Å². The summed E-state index contributed by atoms with van der Waals surface area (Å²) in [7, 11) is 1.39. The van der Waals surface area contributed by atoms with Crippen molar-refractivity contribution in [2.24, 2.45) is 0 Å². The van der Waals surface area contributed by atoms with Gasteiger partial charge in [0, 0.05) is 12.6 Å². The molecular formula is C13H19F2NO3. The van der Waals surface area contributed by atoms with Gasteiger partial charge >= 0.3 is 6.61 Å². The first-order valence-corrected chi connectivity index (χ1v) is 6.06. The number of benzene rings is 1. The molecule has 4 nitrogen and oxygen atoms in total. The molecule has 6 heteroatoms. The number of ether oxygens (including phenoxy) is 2. The molecule has 2 N–H and O–H groups in total. The van der Waals surface area contributed by atoms with Crippen LogP contribution in [0.5, 0.6) is 11.5 Å². The Balaban J connectivity index is 2.74. The lowest BCUT2D eigenvalue weighted by Crippen LogP contribution is -2.31. The van der Waals surface area contributed by atoms with Gasteiger partial charge < -0.3 is 19.9 Å². The Bertz CT molecular complexity index is 384. The quantitative estimate of drug-likeness (QED) is 0.763. The summed E-state index contributed by atoms with van der Waals surface area (Å²) in [5.74, 6) is 0.270. The van der Waals surface area contributed by atoms with Crippen molar-refractivity contribution in [1.29, 1.82) is 0 Å². The molecule has 0 amide bonds. The Kier molecular flexibility index (Phi) is 6.52. The molecule has 0 bridgehead atoms. The summed E-state index contributed by atoms with van der Waals surface area (Å²) in [5, 5.41) is 12.2. The molecule has 1 rings (SSSR count). The largest absolute Gasteiger partial charge is 0.493 e. The second-order valence-corrected chi connectivity index (χ2v) is 4.03. The third kappa shape index (κ3) is 5.00. The zero-order chi connectivity index (χ0) is 14.3. The van der Waals surface area contributed by atoms with Crippen molar-refractivity contribution in [3.63, 3.8) is 0 Å². The van der Waals surface area contributed by atoms with Crippen LogP contribution in [0.4, 0.5) is 8.78 Å². The van der Waals surface area contributed by atoms with E-state index in [9.17, 15) is 8.78 Å². The van der Waals surface area contributed by atoms with Crippen molar-refractivity contribution in [3.8, 4) is 11.5 Å². The van der Waals surface area contributed by atoms with Crippen LogP contribution in [0.15, 0.2) is 18.2 Å². The number of methoxy groups -OCH3 is 1. The lowest BCUT2D eigenvalue weighted by molar-refractivity contribution is -0.0512. The molecule has 0 spiro atoms. The van der Waals surface area contributed by atoms with E-state index in [-0.39, 0.29) is 24.1 Å². The third-order valence-corrected chi connectivity index (χ3v) is 2.75. The minimum Gasteiger partial charge on any atom is -0.493 e. The van der Waals surface area contributed by atoms with Gasteiger partial charge in [0.15, 0.2) is 11.5 Å². The number of nitrogens with one attached hydrogen (secondary N) is 1. The minimum absolute atomic E-state index is 0.00819. The molecule has 0 heterocycles. The lowest BCUT2D eigenvalue weighted by atomic mass is 10.1. The summed E-state index contributed by atoms with van der Waals surface area (Å²) >= 11 is 0. The summed E-state index contributed by atoms with van der Waals surface area (Å²) in [4.78, 5) is 0. The monoisotopic (exact) mass is 275 g/mol. The van der Waals surface area contributed by atoms with E-state index in [4.69, 9.17) is 9.84 Å². The van der Waals surface area contributed by atoms with E-state index < -0.39 is 6.61 Å². The molecule has 1 atom stereocenters. The van der Waals surface area contributed by atoms with Gasteiger partial charge in [-0.2, -0.15) is 8.78 Å². The fraction of sp³-hybridized carbons (Fsp3) is 0.538. The van der Waals surface area contributed by atoms with E-state index in [0.717, 1.165) is 12.0 Å². The van der Waals surface area contributed by atoms with E-state index in [1.54, 1.807) is 12.1 Å². The first-order valence-electron chi connectivity index (χ1n) is 6.06. The molecule has 0 radical (unpaired) electrons. The van der Waals surface area contributed by atoms with Crippen molar-refractivity contribution in [2.75, 3.05) is 13.7 Å². The number of alkyl halides is 2. The first kappa shape index (κ1) is 15.7. The van der Waals surface area contributed by atoms with Gasteiger partial charge in [-0.15, -0.1) is 0 Å². The Morgan fingerprint density at radius 1 is 1.32 bits per heavy atom. The molecule has 0 aromatic heterocycles. The van der Waals surface area contributed by atoms with E-state index in [1.165, 1.54) is 13.2 Å². The zero-order valence-corrected chi connectivity index (χ0v) is 11.0. The third-order valence-electron chi connectivity index (χ3n) is 2.75. The summed E-state index contributed by atoms with van der Waals surface area (Å²) in [6.45, 7) is -0.443. The average Bonchev–Trinajstić information content (AvgIpc) is 2.39. The summed E-state index contributed by atoms with van der Waals surface area (Å²) in [6, 6.07) is 4.83. The molecule has 0 aliphatic heterocycles. The van der Waals surface area contributed by atoms with Crippen molar-refractivity contribution in [2.45, 2.75) is 32.5 Å². The molecule has 0 fully saturated rings. The highest BCUT2D eigenvalue weighted by atomic mass is 19.3. The standard InChI is InChI=1S/C13H19F2NO3/c1-3-10(8-17)16-7-9-4-5-11(18-2)12(6-9)19-13(14)15/h4-6,10,13,16-17H,3,7-8H2,1-2H3. The lowest BCUT2D eigenvalue weighted by Gasteiger charge is -2.15. The first-order chi connectivity index (χ1) is 9.10. The van der Waals surface area contributed by atoms with Gasteiger partial charge in [0.25, 0.3) is 0 Å². The Labute approximate surface area is 111 Å². The minimum atomic E-state index is -2.89. The highest BCUT2D eigenvalue weighted by Gasteiger charge is 2.12. The molecule has 1 aromatic rings. The molecule has 108 valence electrons. The number of hydrogen-bond donors (Lipinski definition) is 2. The summed E-state index contributed by atoms with van der Waals surface area (Å²) in [6.07, 6.45) is 0.785. The number of hydrogen-bond acceptors (Lipinski definition) is 4. The van der Waals surface area contributed by atoms with Crippen LogP contribution in [0.25, 0.3) is 0 Å². The zero-order valence-electron chi connectivity index (χ0n) is 11.0. The number of aliphatic hydroxyl groups is 1. The molecule has 1 aromatic carbocycles. The molecule has 0 saturated heterocycles. The van der Waals surface area contributed by atoms with Crippen molar-refractivity contribution < 1.29 is 23.4 Å². The number of rotatable bonds is 8. The Morgan fingerprint density at radius 2 is 2.05 bits per heavy atom. The van der Waals surface area contributed by atoms with Gasteiger partial charge in [0.1, 0.15) is 0 Å². The van der Waals surface area contributed by atoms with Gasteiger partial charge in [-0.05, 0) is 24.1 Å². The van der Waals surface area contributed by atoms with Crippen LogP contribution in [0.1, 0.15) is 18.9 Å². The smallest absolute Gasteiger partial charge is 0.387 e. The van der Waals surface area contributed by atoms with Gasteiger partial charge in [-0.3, -0.25) is 0 Å². The fourth-order valence-electron chi connectivity index (χ4n) is 1.62. The summed E-state index contributed by atoms with van der Waals surface area (Å²) < 4.78 is 33.9. The van der Waals surface area contributed by atoms with E-state index >= 15 is 0 Å². The second kappa shape index (κ2) is 7.91. The van der Waals surface area contributed by atoms with Crippen molar-refractivity contribution >= 4 is 0 Å². The molecule has 0 aliphatic rings. The van der Waals surface area contributed by atoms with Gasteiger partial charge in [0.2, 0.25) is 0 Å². The number of halogens is 2. The van der Waals surface area contributed by atoms with Crippen LogP contribution in [0.2, 0.25) is 0 Å². The van der Waals surface area contributed by atoms with E-state index in [1.807, 2.05) is 6.92 Å². The molecule has 0 saturated carbocycles. The highest BCUT2D eigenvalue weighted by molar-refractivity contribution is 5.43. The van der Waals surface area contributed by atoms with E-state index in [2.05, 4.69) is 10.1 Å². The highest BCUT2D eigenvalue weighted by Crippen LogP contribution is 2.29. The van der Waals surface area contributed by atoms with Crippen LogP contribution < -0.4 is 14.8 Å². The average molecular weight is 275 g/mol. The van der Waals surface area contributed by atoms with Crippen LogP contribution in [0, 0.1) is 0 Å². The molecule has 1 unspecified atom stereocenters. The Hall–Kier alpha value is -1.40. The second-order valence-electron chi connectivity index (χ2n) is 4.03. The molecule has 19 heavy (non-hydrogen) atoms. The SMILES string of the molecule is CCC(CO)NCc1ccc(OC)c(OC(F)F)c1. The van der Waals surface area contributed by atoms with Gasteiger partial charge in [-0.1, -0.05) is 13.0 Å². The fourth-order valence-corrected chi connectivity index (χ4v) is 1.62. The maximum absolute atomic E-state index is 12.3. The Morgan fingerprint density at radius 3 is 2.58 bits per heavy atom. The predicted octanol–water partition coefficient (Wildman–Crippen LogP) is 2.16. The number of aliphatic hydroxyl groups excluding tert-OH is 1. The normalized spacial score (nSPS) is 12.5. The van der Waals surface area contributed by atoms with Gasteiger partial charge in [0.05, 0.1) is 13.7 Å². The molecule has 0 aliphatic carbocycles. The molecular weight excluding hydrogens is 256 g/mol. The summed E-state index contributed by atoms with van der Waals surface area (Å²) in [5.41, 5.74) is 0.781. The maximum Gasteiger partial charge on any atom is 0.387 e.